The Kier molecular flexibility index (Phi) is 5.79. The fourth-order valence-electron chi connectivity index (χ4n) is 5.19. The minimum atomic E-state index is 0.302. The lowest BCUT2D eigenvalue weighted by atomic mass is 9.98. The minimum Gasteiger partial charge on any atom is -0.508 e. The van der Waals surface area contributed by atoms with Gasteiger partial charge in [-0.1, -0.05) is 38.8 Å². The van der Waals surface area contributed by atoms with Crippen LogP contribution in [-0.4, -0.2) is 22.3 Å². The predicted octanol–water partition coefficient (Wildman–Crippen LogP) is 4.81. The van der Waals surface area contributed by atoms with Crippen LogP contribution in [0.2, 0.25) is 0 Å². The lowest BCUT2D eigenvalue weighted by Crippen LogP contribution is -2.30. The van der Waals surface area contributed by atoms with Crippen LogP contribution in [0.1, 0.15) is 63.5 Å². The van der Waals surface area contributed by atoms with E-state index in [2.05, 4.69) is 30.5 Å². The first-order valence-electron chi connectivity index (χ1n) is 11.0. The summed E-state index contributed by atoms with van der Waals surface area (Å²) in [6.45, 7) is 5.92. The van der Waals surface area contributed by atoms with Gasteiger partial charge >= 0.3 is 0 Å². The molecule has 4 atom stereocenters. The molecule has 152 valence electrons. The summed E-state index contributed by atoms with van der Waals surface area (Å²) in [5.74, 6) is 2.03. The van der Waals surface area contributed by atoms with Crippen molar-refractivity contribution in [2.75, 3.05) is 0 Å². The van der Waals surface area contributed by atoms with E-state index in [1.165, 1.54) is 38.5 Å². The monoisotopic (exact) mass is 382 g/mol. The molecule has 0 spiro atoms. The zero-order chi connectivity index (χ0) is 19.7. The quantitative estimate of drug-likeness (QED) is 0.579. The molecule has 0 radical (unpaired) electrons. The Hall–Kier alpha value is -1.78. The Labute approximate surface area is 168 Å². The molecule has 0 bridgehead atoms. The fraction of sp³-hybridized carbons (Fsp3) is 0.583. The van der Waals surface area contributed by atoms with Gasteiger partial charge in [-0.05, 0) is 55.0 Å². The second-order valence-electron chi connectivity index (χ2n) is 9.02. The number of nitrogens with one attached hydrogen (secondary N) is 2. The topological polar surface area (TPSA) is 64.5 Å². The van der Waals surface area contributed by atoms with E-state index in [0.29, 0.717) is 48.5 Å². The average molecular weight is 383 g/mol. The Morgan fingerprint density at radius 2 is 1.39 bits per heavy atom. The van der Waals surface area contributed by atoms with Crippen LogP contribution in [0.25, 0.3) is 10.8 Å². The van der Waals surface area contributed by atoms with Crippen molar-refractivity contribution in [3.05, 3.63) is 35.4 Å². The molecule has 2 fully saturated rings. The van der Waals surface area contributed by atoms with E-state index in [4.69, 9.17) is 0 Å². The van der Waals surface area contributed by atoms with Gasteiger partial charge in [0.05, 0.1) is 0 Å². The Morgan fingerprint density at radius 1 is 0.786 bits per heavy atom. The molecule has 0 amide bonds. The maximum absolute atomic E-state index is 10.9. The Morgan fingerprint density at radius 3 is 2.00 bits per heavy atom. The van der Waals surface area contributed by atoms with Crippen molar-refractivity contribution in [2.24, 2.45) is 11.8 Å². The van der Waals surface area contributed by atoms with Crippen LogP contribution in [0, 0.1) is 11.8 Å². The van der Waals surface area contributed by atoms with Gasteiger partial charge in [0.2, 0.25) is 0 Å². The van der Waals surface area contributed by atoms with E-state index >= 15 is 0 Å². The summed E-state index contributed by atoms with van der Waals surface area (Å²) in [4.78, 5) is 0. The number of rotatable bonds is 6. The van der Waals surface area contributed by atoms with Crippen molar-refractivity contribution in [1.29, 1.82) is 0 Å². The summed E-state index contributed by atoms with van der Waals surface area (Å²) in [6.07, 6.45) is 7.55. The van der Waals surface area contributed by atoms with E-state index in [0.717, 1.165) is 21.9 Å². The van der Waals surface area contributed by atoms with Gasteiger partial charge in [-0.25, -0.2) is 0 Å². The first-order valence-corrected chi connectivity index (χ1v) is 11.0. The molecule has 0 saturated heterocycles. The number of fused-ring (bicyclic) bond motifs is 1. The molecule has 4 rings (SSSR count). The van der Waals surface area contributed by atoms with Crippen LogP contribution in [0.5, 0.6) is 11.5 Å². The molecule has 4 heteroatoms. The lowest BCUT2D eigenvalue weighted by molar-refractivity contribution is 0.415. The summed E-state index contributed by atoms with van der Waals surface area (Å²) in [6, 6.07) is 8.67. The van der Waals surface area contributed by atoms with Crippen LogP contribution in [0.3, 0.4) is 0 Å². The third-order valence-corrected chi connectivity index (χ3v) is 7.16. The summed E-state index contributed by atoms with van der Waals surface area (Å²) < 4.78 is 0. The third-order valence-electron chi connectivity index (χ3n) is 7.16. The zero-order valence-corrected chi connectivity index (χ0v) is 17.2. The van der Waals surface area contributed by atoms with E-state index in [-0.39, 0.29) is 0 Å². The maximum Gasteiger partial charge on any atom is 0.127 e. The number of phenolic OH excluding ortho intramolecular Hbond substituents is 2. The largest absolute Gasteiger partial charge is 0.508 e. The molecule has 2 aromatic rings. The molecular weight excluding hydrogens is 348 g/mol. The van der Waals surface area contributed by atoms with Crippen LogP contribution in [0.4, 0.5) is 0 Å². The van der Waals surface area contributed by atoms with Gasteiger partial charge in [0.25, 0.3) is 0 Å². The van der Waals surface area contributed by atoms with Gasteiger partial charge in [-0.3, -0.25) is 0 Å². The molecule has 0 aliphatic heterocycles. The molecule has 0 aromatic heterocycles. The number of benzene rings is 2. The zero-order valence-electron chi connectivity index (χ0n) is 17.2. The van der Waals surface area contributed by atoms with Crippen molar-refractivity contribution in [1.82, 2.24) is 10.6 Å². The summed E-state index contributed by atoms with van der Waals surface area (Å²) in [5, 5.41) is 30.4. The molecular formula is C24H34N2O2. The molecule has 28 heavy (non-hydrogen) atoms. The third kappa shape index (κ3) is 3.85. The van der Waals surface area contributed by atoms with Crippen molar-refractivity contribution in [3.63, 3.8) is 0 Å². The van der Waals surface area contributed by atoms with Gasteiger partial charge in [-0.15, -0.1) is 0 Å². The SMILES string of the molecule is CC1CCCC1NCc1ccc2c(CNC3CCCC3C)c(O)ccc2c1O. The minimum absolute atomic E-state index is 0.302. The van der Waals surface area contributed by atoms with E-state index in [1.807, 2.05) is 12.1 Å². The van der Waals surface area contributed by atoms with Crippen LogP contribution >= 0.6 is 0 Å². The number of phenols is 2. The first-order chi connectivity index (χ1) is 13.5. The van der Waals surface area contributed by atoms with E-state index < -0.39 is 0 Å². The lowest BCUT2D eigenvalue weighted by Gasteiger charge is -2.20. The van der Waals surface area contributed by atoms with E-state index in [9.17, 15) is 10.2 Å². The molecule has 0 heterocycles. The average Bonchev–Trinajstić information content (AvgIpc) is 3.28. The van der Waals surface area contributed by atoms with Gasteiger partial charge in [-0.2, -0.15) is 0 Å². The summed E-state index contributed by atoms with van der Waals surface area (Å²) in [7, 11) is 0. The van der Waals surface area contributed by atoms with Gasteiger partial charge < -0.3 is 20.8 Å². The number of aromatic hydroxyl groups is 2. The van der Waals surface area contributed by atoms with Crippen LogP contribution < -0.4 is 10.6 Å². The van der Waals surface area contributed by atoms with Crippen molar-refractivity contribution < 1.29 is 10.2 Å². The molecule has 4 unspecified atom stereocenters. The van der Waals surface area contributed by atoms with Crippen molar-refractivity contribution >= 4 is 10.8 Å². The predicted molar refractivity (Wildman–Crippen MR) is 115 cm³/mol. The Balaban J connectivity index is 1.54. The van der Waals surface area contributed by atoms with Gasteiger partial charge in [0.1, 0.15) is 11.5 Å². The second-order valence-corrected chi connectivity index (χ2v) is 9.02. The van der Waals surface area contributed by atoms with Crippen molar-refractivity contribution in [2.45, 2.75) is 77.5 Å². The highest BCUT2D eigenvalue weighted by Gasteiger charge is 2.24. The van der Waals surface area contributed by atoms with Gasteiger partial charge in [0.15, 0.2) is 0 Å². The smallest absolute Gasteiger partial charge is 0.127 e. The van der Waals surface area contributed by atoms with Crippen molar-refractivity contribution in [3.8, 4) is 11.5 Å². The maximum atomic E-state index is 10.9. The normalized spacial score (nSPS) is 27.6. The fourth-order valence-corrected chi connectivity index (χ4v) is 5.19. The molecule has 4 nitrogen and oxygen atoms in total. The second kappa shape index (κ2) is 8.30. The highest BCUT2D eigenvalue weighted by molar-refractivity contribution is 5.93. The van der Waals surface area contributed by atoms with Crippen LogP contribution in [-0.2, 0) is 13.1 Å². The summed E-state index contributed by atoms with van der Waals surface area (Å²) >= 11 is 0. The molecule has 2 aliphatic rings. The van der Waals surface area contributed by atoms with Crippen LogP contribution in [0.15, 0.2) is 24.3 Å². The highest BCUT2D eigenvalue weighted by atomic mass is 16.3. The highest BCUT2D eigenvalue weighted by Crippen LogP contribution is 2.36. The molecule has 4 N–H and O–H groups in total. The molecule has 2 aliphatic carbocycles. The summed E-state index contributed by atoms with van der Waals surface area (Å²) in [5.41, 5.74) is 1.82. The molecule has 2 aromatic carbocycles. The number of hydrogen-bond donors (Lipinski definition) is 4. The van der Waals surface area contributed by atoms with E-state index in [1.54, 1.807) is 6.07 Å². The first kappa shape index (κ1) is 19.5. The standard InChI is InChI=1S/C24H34N2O2/c1-15-5-3-7-21(15)25-13-17-9-10-18-19(24(17)28)11-12-23(27)20(18)14-26-22-8-4-6-16(22)2/h9-12,15-16,21-22,25-28H,3-8,13-14H2,1-2H3. The van der Waals surface area contributed by atoms with Gasteiger partial charge in [0, 0.05) is 41.7 Å². The Bertz CT molecular complexity index is 835. The molecule has 2 saturated carbocycles. The number of hydrogen-bond acceptors (Lipinski definition) is 4.